The first-order chi connectivity index (χ1) is 9.76. The third-order valence-corrected chi connectivity index (χ3v) is 5.06. The molecule has 21 heavy (non-hydrogen) atoms. The molecule has 1 atom stereocenters. The van der Waals surface area contributed by atoms with Crippen LogP contribution in [0.15, 0.2) is 21.6 Å². The molecule has 0 aliphatic rings. The lowest BCUT2D eigenvalue weighted by Gasteiger charge is -2.16. The number of nitrogen functional groups attached to an aromatic ring is 1. The van der Waals surface area contributed by atoms with Crippen LogP contribution in [0.25, 0.3) is 0 Å². The molecule has 0 radical (unpaired) electrons. The van der Waals surface area contributed by atoms with E-state index in [1.54, 1.807) is 0 Å². The molecule has 1 rings (SSSR count). The number of nitrogens with one attached hydrogen (secondary N) is 2. The molecule has 0 aliphatic carbocycles. The van der Waals surface area contributed by atoms with Gasteiger partial charge in [0, 0.05) is 16.7 Å². The molecule has 0 bridgehead atoms. The van der Waals surface area contributed by atoms with Gasteiger partial charge in [-0.05, 0) is 41.3 Å². The number of hydrogen-bond donors (Lipinski definition) is 3. The maximum atomic E-state index is 12.4. The van der Waals surface area contributed by atoms with E-state index in [4.69, 9.17) is 5.84 Å². The van der Waals surface area contributed by atoms with Crippen molar-refractivity contribution >= 4 is 31.8 Å². The number of aromatic nitrogens is 1. The van der Waals surface area contributed by atoms with Crippen molar-refractivity contribution in [1.82, 2.24) is 9.71 Å². The number of rotatable bonds is 8. The smallest absolute Gasteiger partial charge is 0.244 e. The number of hydrazine groups is 1. The molecule has 1 aromatic rings. The van der Waals surface area contributed by atoms with Gasteiger partial charge in [0.1, 0.15) is 4.90 Å². The van der Waals surface area contributed by atoms with Gasteiger partial charge in [-0.15, -0.1) is 0 Å². The predicted octanol–water partition coefficient (Wildman–Crippen LogP) is 2.62. The molecule has 0 spiro atoms. The first-order valence-corrected chi connectivity index (χ1v) is 9.18. The second kappa shape index (κ2) is 8.07. The van der Waals surface area contributed by atoms with Gasteiger partial charge in [0.25, 0.3) is 0 Å². The Morgan fingerprint density at radius 2 is 2.00 bits per heavy atom. The normalized spacial score (nSPS) is 13.4. The first-order valence-electron chi connectivity index (χ1n) is 6.90. The summed E-state index contributed by atoms with van der Waals surface area (Å²) < 4.78 is 28.1. The van der Waals surface area contributed by atoms with Crippen LogP contribution < -0.4 is 16.0 Å². The predicted molar refractivity (Wildman–Crippen MR) is 88.2 cm³/mol. The topological polar surface area (TPSA) is 97.1 Å². The van der Waals surface area contributed by atoms with Crippen LogP contribution in [-0.4, -0.2) is 19.4 Å². The van der Waals surface area contributed by atoms with E-state index in [-0.39, 0.29) is 16.8 Å². The van der Waals surface area contributed by atoms with Gasteiger partial charge in [0.2, 0.25) is 10.0 Å². The van der Waals surface area contributed by atoms with Gasteiger partial charge < -0.3 is 5.43 Å². The molecule has 0 fully saturated rings. The number of halogens is 1. The lowest BCUT2D eigenvalue weighted by molar-refractivity contribution is 0.488. The van der Waals surface area contributed by atoms with Gasteiger partial charge >= 0.3 is 0 Å². The van der Waals surface area contributed by atoms with Crippen LogP contribution in [0.3, 0.4) is 0 Å². The Kier molecular flexibility index (Phi) is 7.05. The Morgan fingerprint density at radius 1 is 1.33 bits per heavy atom. The molecule has 0 saturated carbocycles. The molecule has 0 aliphatic heterocycles. The number of sulfonamides is 1. The number of pyridine rings is 1. The van der Waals surface area contributed by atoms with Crippen LogP contribution in [0, 0.1) is 5.92 Å². The number of nitrogens with two attached hydrogens (primary N) is 1. The molecule has 6 nitrogen and oxygen atoms in total. The summed E-state index contributed by atoms with van der Waals surface area (Å²) in [6, 6.07) is 1.34. The second-order valence-electron chi connectivity index (χ2n) is 5.49. The third kappa shape index (κ3) is 5.90. The monoisotopic (exact) mass is 378 g/mol. The molecule has 1 heterocycles. The van der Waals surface area contributed by atoms with Crippen LogP contribution in [0.4, 0.5) is 5.82 Å². The highest BCUT2D eigenvalue weighted by atomic mass is 79.9. The molecule has 1 unspecified atom stereocenters. The summed E-state index contributed by atoms with van der Waals surface area (Å²) in [5.74, 6) is 6.07. The summed E-state index contributed by atoms with van der Waals surface area (Å²) in [7, 11) is -3.66. The Morgan fingerprint density at radius 3 is 2.57 bits per heavy atom. The zero-order valence-electron chi connectivity index (χ0n) is 12.6. The summed E-state index contributed by atoms with van der Waals surface area (Å²) in [4.78, 5) is 3.99. The summed E-state index contributed by atoms with van der Waals surface area (Å²) in [6.45, 7) is 6.17. The molecule has 0 saturated heterocycles. The van der Waals surface area contributed by atoms with Crippen molar-refractivity contribution in [3.63, 3.8) is 0 Å². The quantitative estimate of drug-likeness (QED) is 0.477. The van der Waals surface area contributed by atoms with E-state index in [1.807, 2.05) is 6.92 Å². The summed E-state index contributed by atoms with van der Waals surface area (Å²) in [5.41, 5.74) is 2.31. The van der Waals surface area contributed by atoms with Crippen molar-refractivity contribution < 1.29 is 8.42 Å². The highest BCUT2D eigenvalue weighted by molar-refractivity contribution is 9.10. The minimum absolute atomic E-state index is 0.0371. The van der Waals surface area contributed by atoms with Gasteiger partial charge in [-0.1, -0.05) is 26.7 Å². The van der Waals surface area contributed by atoms with Crippen LogP contribution >= 0.6 is 15.9 Å². The highest BCUT2D eigenvalue weighted by Gasteiger charge is 2.22. The molecule has 0 amide bonds. The number of nitrogens with zero attached hydrogens (tertiary/aromatic N) is 1. The molecule has 4 N–H and O–H groups in total. The summed E-state index contributed by atoms with van der Waals surface area (Å²) in [5, 5.41) is 0. The van der Waals surface area contributed by atoms with Crippen molar-refractivity contribution in [3.8, 4) is 0 Å². The van der Waals surface area contributed by atoms with Gasteiger partial charge in [-0.3, -0.25) is 0 Å². The molecule has 8 heteroatoms. The second-order valence-corrected chi connectivity index (χ2v) is 8.09. The average Bonchev–Trinajstić information content (AvgIpc) is 2.37. The van der Waals surface area contributed by atoms with E-state index in [0.717, 1.165) is 19.3 Å². The largest absolute Gasteiger partial charge is 0.307 e. The maximum absolute atomic E-state index is 12.4. The first kappa shape index (κ1) is 18.3. The zero-order valence-corrected chi connectivity index (χ0v) is 15.0. The Bertz CT molecular complexity index is 563. The van der Waals surface area contributed by atoms with Gasteiger partial charge in [0.15, 0.2) is 5.82 Å². The van der Waals surface area contributed by atoms with E-state index >= 15 is 0 Å². The molecular formula is C13H23BrN4O2S. The van der Waals surface area contributed by atoms with E-state index in [0.29, 0.717) is 10.4 Å². The Balaban J connectivity index is 2.79. The fraction of sp³-hybridized carbons (Fsp3) is 0.615. The van der Waals surface area contributed by atoms with Crippen LogP contribution in [0.1, 0.15) is 40.0 Å². The van der Waals surface area contributed by atoms with E-state index in [2.05, 4.69) is 44.9 Å². The number of hydrogen-bond acceptors (Lipinski definition) is 5. The molecule has 120 valence electrons. The van der Waals surface area contributed by atoms with E-state index in [9.17, 15) is 8.42 Å². The molecule has 0 aromatic carbocycles. The van der Waals surface area contributed by atoms with Crippen LogP contribution in [-0.2, 0) is 10.0 Å². The summed E-state index contributed by atoms with van der Waals surface area (Å²) in [6.07, 6.45) is 4.35. The van der Waals surface area contributed by atoms with Gasteiger partial charge in [0.05, 0.1) is 0 Å². The molecule has 1 aromatic heterocycles. The van der Waals surface area contributed by atoms with Crippen LogP contribution in [0.2, 0.25) is 0 Å². The average molecular weight is 379 g/mol. The lowest BCUT2D eigenvalue weighted by atomic mass is 10.0. The SMILES string of the molecule is CC(C)CCCC(C)NS(=O)(=O)c1cc(Br)cnc1NN. The lowest BCUT2D eigenvalue weighted by Crippen LogP contribution is -2.33. The summed E-state index contributed by atoms with van der Waals surface area (Å²) >= 11 is 3.22. The fourth-order valence-electron chi connectivity index (χ4n) is 1.95. The Labute approximate surface area is 135 Å². The van der Waals surface area contributed by atoms with E-state index < -0.39 is 10.0 Å². The van der Waals surface area contributed by atoms with Crippen LogP contribution in [0.5, 0.6) is 0 Å². The fourth-order valence-corrected chi connectivity index (χ4v) is 3.86. The van der Waals surface area contributed by atoms with Crippen molar-refractivity contribution in [1.29, 1.82) is 0 Å². The third-order valence-electron chi connectivity index (χ3n) is 3.02. The maximum Gasteiger partial charge on any atom is 0.244 e. The minimum atomic E-state index is -3.66. The minimum Gasteiger partial charge on any atom is -0.307 e. The molecular weight excluding hydrogens is 356 g/mol. The zero-order chi connectivity index (χ0) is 16.0. The van der Waals surface area contributed by atoms with Crippen molar-refractivity contribution in [2.75, 3.05) is 5.43 Å². The van der Waals surface area contributed by atoms with Gasteiger partial charge in [-0.25, -0.2) is 24.0 Å². The van der Waals surface area contributed by atoms with Crippen molar-refractivity contribution in [3.05, 3.63) is 16.7 Å². The van der Waals surface area contributed by atoms with E-state index in [1.165, 1.54) is 12.3 Å². The van der Waals surface area contributed by atoms with Crippen molar-refractivity contribution in [2.24, 2.45) is 11.8 Å². The van der Waals surface area contributed by atoms with Crippen molar-refractivity contribution in [2.45, 2.75) is 51.0 Å². The van der Waals surface area contributed by atoms with Gasteiger partial charge in [-0.2, -0.15) is 0 Å². The highest BCUT2D eigenvalue weighted by Crippen LogP contribution is 2.22. The Hall–Kier alpha value is -0.700. The standard InChI is InChI=1S/C13H23BrN4O2S/c1-9(2)5-4-6-10(3)18-21(19,20)12-7-11(14)8-16-13(12)17-15/h7-10,18H,4-6,15H2,1-3H3,(H,16,17). The number of anilines is 1.